The molecule has 0 aromatic heterocycles. The Labute approximate surface area is 131 Å². The maximum Gasteiger partial charge on any atom is 0.338 e. The van der Waals surface area contributed by atoms with Gasteiger partial charge in [0.2, 0.25) is 0 Å². The van der Waals surface area contributed by atoms with Gasteiger partial charge >= 0.3 is 5.97 Å². The molecule has 0 amide bonds. The minimum absolute atomic E-state index is 0.136. The fourth-order valence-corrected chi connectivity index (χ4v) is 2.00. The number of hydrogen-bond acceptors (Lipinski definition) is 3. The quantitative estimate of drug-likeness (QED) is 0.722. The van der Waals surface area contributed by atoms with Crippen LogP contribution in [0, 0.1) is 5.92 Å². The predicted molar refractivity (Wildman–Crippen MR) is 86.6 cm³/mol. The van der Waals surface area contributed by atoms with Crippen LogP contribution in [0.4, 0.5) is 0 Å². The summed E-state index contributed by atoms with van der Waals surface area (Å²) in [4.78, 5) is 12.0. The predicted octanol–water partition coefficient (Wildman–Crippen LogP) is 4.08. The van der Waals surface area contributed by atoms with Gasteiger partial charge in [0.15, 0.2) is 0 Å². The lowest BCUT2D eigenvalue weighted by Gasteiger charge is -2.20. The van der Waals surface area contributed by atoms with Crippen molar-refractivity contribution < 1.29 is 14.3 Å². The van der Waals surface area contributed by atoms with Gasteiger partial charge in [-0.3, -0.25) is 0 Å². The molecular formula is C19H22O3. The summed E-state index contributed by atoms with van der Waals surface area (Å²) in [5, 5.41) is 0. The van der Waals surface area contributed by atoms with Crippen LogP contribution in [0.5, 0.6) is 0 Å². The minimum Gasteiger partial charge on any atom is -0.459 e. The first-order valence-electron chi connectivity index (χ1n) is 7.54. The Morgan fingerprint density at radius 2 is 1.55 bits per heavy atom. The van der Waals surface area contributed by atoms with E-state index in [-0.39, 0.29) is 18.0 Å². The van der Waals surface area contributed by atoms with Crippen molar-refractivity contribution in [2.75, 3.05) is 6.61 Å². The molecule has 3 heteroatoms. The first-order chi connectivity index (χ1) is 10.7. The van der Waals surface area contributed by atoms with E-state index in [9.17, 15) is 4.79 Å². The normalized spacial score (nSPS) is 13.4. The summed E-state index contributed by atoms with van der Waals surface area (Å²) < 4.78 is 11.2. The highest BCUT2D eigenvalue weighted by Crippen LogP contribution is 2.12. The van der Waals surface area contributed by atoms with E-state index in [4.69, 9.17) is 9.47 Å². The van der Waals surface area contributed by atoms with Crippen LogP contribution in [0.3, 0.4) is 0 Å². The van der Waals surface area contributed by atoms with Gasteiger partial charge < -0.3 is 9.47 Å². The monoisotopic (exact) mass is 298 g/mol. The lowest BCUT2D eigenvalue weighted by atomic mass is 10.1. The zero-order chi connectivity index (χ0) is 15.8. The molecule has 2 rings (SSSR count). The largest absolute Gasteiger partial charge is 0.459 e. The maximum atomic E-state index is 12.0. The number of esters is 1. The van der Waals surface area contributed by atoms with Crippen LogP contribution in [-0.4, -0.2) is 18.7 Å². The molecule has 0 aliphatic carbocycles. The second-order valence-corrected chi connectivity index (χ2v) is 5.45. The molecule has 2 aromatic carbocycles. The highest BCUT2D eigenvalue weighted by atomic mass is 16.5. The van der Waals surface area contributed by atoms with Gasteiger partial charge in [0.25, 0.3) is 0 Å². The van der Waals surface area contributed by atoms with Gasteiger partial charge in [-0.1, -0.05) is 55.5 Å². The fourth-order valence-electron chi connectivity index (χ4n) is 2.00. The lowest BCUT2D eigenvalue weighted by Crippen LogP contribution is -2.25. The number of benzene rings is 2. The van der Waals surface area contributed by atoms with E-state index < -0.39 is 0 Å². The van der Waals surface area contributed by atoms with Crippen LogP contribution in [0.2, 0.25) is 0 Å². The van der Waals surface area contributed by atoms with Crippen molar-refractivity contribution in [2.45, 2.75) is 26.6 Å². The maximum absolute atomic E-state index is 12.0. The molecule has 116 valence electrons. The number of rotatable bonds is 7. The summed E-state index contributed by atoms with van der Waals surface area (Å²) in [5.41, 5.74) is 1.72. The molecule has 3 nitrogen and oxygen atoms in total. The van der Waals surface area contributed by atoms with E-state index in [1.807, 2.05) is 62.4 Å². The smallest absolute Gasteiger partial charge is 0.338 e. The van der Waals surface area contributed by atoms with Gasteiger partial charge in [0, 0.05) is 5.92 Å². The van der Waals surface area contributed by atoms with E-state index in [0.29, 0.717) is 18.8 Å². The van der Waals surface area contributed by atoms with Crippen molar-refractivity contribution in [3.63, 3.8) is 0 Å². The number of carbonyl (C=O) groups excluding carboxylic acids is 1. The minimum atomic E-state index is -0.289. The SMILES string of the molecule is C[C@H](COCc1ccccc1)[C@@H](C)OC(=O)c1ccccc1. The lowest BCUT2D eigenvalue weighted by molar-refractivity contribution is -0.000308. The summed E-state index contributed by atoms with van der Waals surface area (Å²) >= 11 is 0. The van der Waals surface area contributed by atoms with E-state index in [0.717, 1.165) is 5.56 Å². The highest BCUT2D eigenvalue weighted by Gasteiger charge is 2.18. The topological polar surface area (TPSA) is 35.5 Å². The Balaban J connectivity index is 1.75. The van der Waals surface area contributed by atoms with Crippen molar-refractivity contribution in [2.24, 2.45) is 5.92 Å². The van der Waals surface area contributed by atoms with Crippen LogP contribution in [0.25, 0.3) is 0 Å². The molecule has 0 aliphatic heterocycles. The Morgan fingerprint density at radius 3 is 2.18 bits per heavy atom. The first-order valence-corrected chi connectivity index (χ1v) is 7.54. The van der Waals surface area contributed by atoms with Gasteiger partial charge in [-0.2, -0.15) is 0 Å². The third-order valence-corrected chi connectivity index (χ3v) is 3.60. The van der Waals surface area contributed by atoms with Gasteiger partial charge in [-0.25, -0.2) is 4.79 Å². The molecule has 0 saturated carbocycles. The standard InChI is InChI=1S/C19H22O3/c1-15(13-21-14-17-9-5-3-6-10-17)16(2)22-19(20)18-11-7-4-8-12-18/h3-12,15-16H,13-14H2,1-2H3/t15-,16-/m1/s1. The molecule has 0 unspecified atom stereocenters. The second-order valence-electron chi connectivity index (χ2n) is 5.45. The number of ether oxygens (including phenoxy) is 2. The molecule has 0 spiro atoms. The molecule has 2 aromatic rings. The summed E-state index contributed by atoms with van der Waals surface area (Å²) in [6, 6.07) is 19.1. The van der Waals surface area contributed by atoms with Crippen LogP contribution >= 0.6 is 0 Å². The number of hydrogen-bond donors (Lipinski definition) is 0. The molecule has 2 atom stereocenters. The van der Waals surface area contributed by atoms with Gasteiger partial charge in [0.05, 0.1) is 18.8 Å². The van der Waals surface area contributed by atoms with E-state index in [1.54, 1.807) is 12.1 Å². The van der Waals surface area contributed by atoms with Crippen LogP contribution in [0.15, 0.2) is 60.7 Å². The molecule has 0 heterocycles. The van der Waals surface area contributed by atoms with Crippen LogP contribution in [0.1, 0.15) is 29.8 Å². The third-order valence-electron chi connectivity index (χ3n) is 3.60. The van der Waals surface area contributed by atoms with Gasteiger partial charge in [0.1, 0.15) is 6.10 Å². The summed E-state index contributed by atoms with van der Waals surface area (Å²) in [6.45, 7) is 5.05. The van der Waals surface area contributed by atoms with Crippen LogP contribution < -0.4 is 0 Å². The average Bonchev–Trinajstić information content (AvgIpc) is 2.56. The van der Waals surface area contributed by atoms with Gasteiger partial charge in [-0.05, 0) is 24.6 Å². The Hall–Kier alpha value is -2.13. The zero-order valence-electron chi connectivity index (χ0n) is 13.1. The van der Waals surface area contributed by atoms with Crippen molar-refractivity contribution in [3.8, 4) is 0 Å². The Kier molecular flexibility index (Phi) is 6.16. The summed E-state index contributed by atoms with van der Waals surface area (Å²) in [5.74, 6) is -0.153. The zero-order valence-corrected chi connectivity index (χ0v) is 13.1. The Bertz CT molecular complexity index is 566. The van der Waals surface area contributed by atoms with Crippen molar-refractivity contribution in [3.05, 3.63) is 71.8 Å². The summed E-state index contributed by atoms with van der Waals surface area (Å²) in [7, 11) is 0. The number of carbonyl (C=O) groups is 1. The molecule has 0 bridgehead atoms. The van der Waals surface area contributed by atoms with E-state index >= 15 is 0 Å². The molecule has 0 saturated heterocycles. The van der Waals surface area contributed by atoms with E-state index in [1.165, 1.54) is 0 Å². The van der Waals surface area contributed by atoms with E-state index in [2.05, 4.69) is 0 Å². The molecule has 0 aliphatic rings. The average molecular weight is 298 g/mol. The second kappa shape index (κ2) is 8.35. The molecule has 0 fully saturated rings. The van der Waals surface area contributed by atoms with Gasteiger partial charge in [-0.15, -0.1) is 0 Å². The van der Waals surface area contributed by atoms with Crippen LogP contribution in [-0.2, 0) is 16.1 Å². The molecule has 22 heavy (non-hydrogen) atoms. The van der Waals surface area contributed by atoms with Crippen molar-refractivity contribution in [1.82, 2.24) is 0 Å². The van der Waals surface area contributed by atoms with Crippen molar-refractivity contribution >= 4 is 5.97 Å². The molecule has 0 N–H and O–H groups in total. The highest BCUT2D eigenvalue weighted by molar-refractivity contribution is 5.89. The summed E-state index contributed by atoms with van der Waals surface area (Å²) in [6.07, 6.45) is -0.191. The van der Waals surface area contributed by atoms with Crippen molar-refractivity contribution in [1.29, 1.82) is 0 Å². The third kappa shape index (κ3) is 5.01. The Morgan fingerprint density at radius 1 is 0.955 bits per heavy atom. The first kappa shape index (κ1) is 16.2. The fraction of sp³-hybridized carbons (Fsp3) is 0.316. The molecular weight excluding hydrogens is 276 g/mol. The molecule has 0 radical (unpaired) electrons.